The molecule has 0 radical (unpaired) electrons. The Morgan fingerprint density at radius 1 is 1.42 bits per heavy atom. The van der Waals surface area contributed by atoms with Crippen LogP contribution in [0.25, 0.3) is 0 Å². The molecule has 1 unspecified atom stereocenters. The fourth-order valence-electron chi connectivity index (χ4n) is 2.39. The second-order valence-electron chi connectivity index (χ2n) is 5.34. The van der Waals surface area contributed by atoms with Crippen molar-refractivity contribution in [3.8, 4) is 11.8 Å². The first-order chi connectivity index (χ1) is 9.11. The van der Waals surface area contributed by atoms with Gasteiger partial charge in [0.15, 0.2) is 0 Å². The summed E-state index contributed by atoms with van der Waals surface area (Å²) in [6.45, 7) is 4.68. The minimum atomic E-state index is -0.510. The lowest BCUT2D eigenvalue weighted by atomic mass is 9.98. The summed E-state index contributed by atoms with van der Waals surface area (Å²) in [6, 6.07) is 2.01. The molecule has 0 aliphatic carbocycles. The number of aliphatic hydroxyl groups is 2. The van der Waals surface area contributed by atoms with Crippen LogP contribution in [0, 0.1) is 11.8 Å². The molecule has 0 saturated carbocycles. The van der Waals surface area contributed by atoms with Gasteiger partial charge < -0.3 is 10.2 Å². The van der Waals surface area contributed by atoms with E-state index in [4.69, 9.17) is 5.11 Å². The summed E-state index contributed by atoms with van der Waals surface area (Å²) in [6.07, 6.45) is 2.75. The molecule has 1 atom stereocenters. The largest absolute Gasteiger partial charge is 0.390 e. The predicted molar refractivity (Wildman–Crippen MR) is 78.0 cm³/mol. The van der Waals surface area contributed by atoms with E-state index in [1.807, 2.05) is 18.4 Å². The monoisotopic (exact) mass is 279 g/mol. The van der Waals surface area contributed by atoms with Gasteiger partial charge in [-0.05, 0) is 44.2 Å². The molecule has 1 saturated heterocycles. The topological polar surface area (TPSA) is 43.7 Å². The van der Waals surface area contributed by atoms with Gasteiger partial charge in [-0.2, -0.15) is 0 Å². The van der Waals surface area contributed by atoms with Crippen LogP contribution < -0.4 is 0 Å². The first-order valence-electron chi connectivity index (χ1n) is 6.71. The SMILES string of the molecule is CC1(O)CCCN(Cc2sccc2C#CCO)CC1. The summed E-state index contributed by atoms with van der Waals surface area (Å²) < 4.78 is 0. The van der Waals surface area contributed by atoms with E-state index < -0.39 is 5.60 Å². The Balaban J connectivity index is 1.99. The zero-order valence-corrected chi connectivity index (χ0v) is 12.2. The minimum absolute atomic E-state index is 0.0954. The molecule has 3 nitrogen and oxygen atoms in total. The molecule has 104 valence electrons. The molecule has 2 N–H and O–H groups in total. The Labute approximate surface area is 118 Å². The van der Waals surface area contributed by atoms with E-state index in [2.05, 4.69) is 16.7 Å². The third kappa shape index (κ3) is 4.32. The molecule has 0 amide bonds. The van der Waals surface area contributed by atoms with Gasteiger partial charge in [-0.25, -0.2) is 0 Å². The maximum Gasteiger partial charge on any atom is 0.104 e. The molecule has 1 aliphatic rings. The second-order valence-corrected chi connectivity index (χ2v) is 6.34. The standard InChI is InChI=1S/C15H21NO2S/c1-15(18)6-3-8-16(9-7-15)12-14-13(4-2-10-17)5-11-19-14/h5,11,17-18H,3,6-10,12H2,1H3. The normalized spacial score (nSPS) is 24.6. The van der Waals surface area contributed by atoms with Gasteiger partial charge in [-0.3, -0.25) is 4.90 Å². The van der Waals surface area contributed by atoms with E-state index in [1.165, 1.54) is 4.88 Å². The van der Waals surface area contributed by atoms with Crippen molar-refractivity contribution in [1.82, 2.24) is 4.90 Å². The van der Waals surface area contributed by atoms with Crippen LogP contribution in [0.5, 0.6) is 0 Å². The van der Waals surface area contributed by atoms with Gasteiger partial charge in [0.05, 0.1) is 5.60 Å². The van der Waals surface area contributed by atoms with Gasteiger partial charge in [0.25, 0.3) is 0 Å². The summed E-state index contributed by atoms with van der Waals surface area (Å²) in [4.78, 5) is 3.64. The smallest absolute Gasteiger partial charge is 0.104 e. The number of rotatable bonds is 2. The number of aliphatic hydroxyl groups excluding tert-OH is 1. The average molecular weight is 279 g/mol. The van der Waals surface area contributed by atoms with Crippen LogP contribution in [-0.4, -0.2) is 40.4 Å². The molecule has 1 aromatic heterocycles. The van der Waals surface area contributed by atoms with Crippen LogP contribution in [0.15, 0.2) is 11.4 Å². The first-order valence-corrected chi connectivity index (χ1v) is 7.59. The number of nitrogens with zero attached hydrogens (tertiary/aromatic N) is 1. The predicted octanol–water partition coefficient (Wildman–Crippen LogP) is 1.83. The van der Waals surface area contributed by atoms with E-state index in [0.717, 1.165) is 44.5 Å². The van der Waals surface area contributed by atoms with Crippen LogP contribution in [-0.2, 0) is 6.54 Å². The van der Waals surface area contributed by atoms with E-state index in [9.17, 15) is 5.11 Å². The Kier molecular flexibility index (Phi) is 5.00. The van der Waals surface area contributed by atoms with E-state index >= 15 is 0 Å². The van der Waals surface area contributed by atoms with Crippen molar-refractivity contribution < 1.29 is 10.2 Å². The maximum atomic E-state index is 10.1. The maximum absolute atomic E-state index is 10.1. The zero-order chi connectivity index (χ0) is 13.7. The van der Waals surface area contributed by atoms with E-state index in [1.54, 1.807) is 11.3 Å². The van der Waals surface area contributed by atoms with Crippen molar-refractivity contribution in [1.29, 1.82) is 0 Å². The molecular weight excluding hydrogens is 258 g/mol. The zero-order valence-electron chi connectivity index (χ0n) is 11.4. The van der Waals surface area contributed by atoms with Crippen molar-refractivity contribution in [3.05, 3.63) is 21.9 Å². The van der Waals surface area contributed by atoms with Crippen molar-refractivity contribution in [2.24, 2.45) is 0 Å². The molecule has 1 aromatic rings. The average Bonchev–Trinajstić information content (AvgIpc) is 2.72. The first kappa shape index (κ1) is 14.5. The Morgan fingerprint density at radius 2 is 2.26 bits per heavy atom. The van der Waals surface area contributed by atoms with Gasteiger partial charge in [0, 0.05) is 23.5 Å². The number of hydrogen-bond acceptors (Lipinski definition) is 4. The van der Waals surface area contributed by atoms with Crippen LogP contribution >= 0.6 is 11.3 Å². The van der Waals surface area contributed by atoms with Gasteiger partial charge in [-0.1, -0.05) is 11.8 Å². The van der Waals surface area contributed by atoms with Crippen LogP contribution in [0.2, 0.25) is 0 Å². The second kappa shape index (κ2) is 6.53. The lowest BCUT2D eigenvalue weighted by Crippen LogP contribution is -2.28. The van der Waals surface area contributed by atoms with Gasteiger partial charge in [-0.15, -0.1) is 11.3 Å². The van der Waals surface area contributed by atoms with Crippen molar-refractivity contribution in [3.63, 3.8) is 0 Å². The highest BCUT2D eigenvalue weighted by Crippen LogP contribution is 2.24. The third-order valence-electron chi connectivity index (χ3n) is 3.57. The van der Waals surface area contributed by atoms with Crippen molar-refractivity contribution >= 4 is 11.3 Å². The Bertz CT molecular complexity index is 470. The molecule has 19 heavy (non-hydrogen) atoms. The molecule has 1 aliphatic heterocycles. The number of hydrogen-bond donors (Lipinski definition) is 2. The van der Waals surface area contributed by atoms with Gasteiger partial charge in [0.2, 0.25) is 0 Å². The fraction of sp³-hybridized carbons (Fsp3) is 0.600. The molecule has 0 bridgehead atoms. The molecule has 0 spiro atoms. The Morgan fingerprint density at radius 3 is 3.05 bits per heavy atom. The molecule has 1 fully saturated rings. The molecular formula is C15H21NO2S. The highest BCUT2D eigenvalue weighted by atomic mass is 32.1. The van der Waals surface area contributed by atoms with Crippen LogP contribution in [0.3, 0.4) is 0 Å². The van der Waals surface area contributed by atoms with Gasteiger partial charge >= 0.3 is 0 Å². The van der Waals surface area contributed by atoms with E-state index in [0.29, 0.717) is 0 Å². The lowest BCUT2D eigenvalue weighted by Gasteiger charge is -2.22. The summed E-state index contributed by atoms with van der Waals surface area (Å²) in [5.74, 6) is 5.71. The van der Waals surface area contributed by atoms with Crippen LogP contribution in [0.1, 0.15) is 36.6 Å². The fourth-order valence-corrected chi connectivity index (χ4v) is 3.26. The molecule has 2 heterocycles. The summed E-state index contributed by atoms with van der Waals surface area (Å²) in [5.41, 5.74) is 0.513. The molecule has 0 aromatic carbocycles. The molecule has 4 heteroatoms. The summed E-state index contributed by atoms with van der Waals surface area (Å²) in [7, 11) is 0. The summed E-state index contributed by atoms with van der Waals surface area (Å²) in [5, 5.41) is 20.9. The lowest BCUT2D eigenvalue weighted by molar-refractivity contribution is 0.0444. The minimum Gasteiger partial charge on any atom is -0.390 e. The number of thiophene rings is 1. The van der Waals surface area contributed by atoms with Gasteiger partial charge in [0.1, 0.15) is 6.61 Å². The highest BCUT2D eigenvalue weighted by Gasteiger charge is 2.25. The number of likely N-dealkylation sites (tertiary alicyclic amines) is 1. The summed E-state index contributed by atoms with van der Waals surface area (Å²) >= 11 is 1.71. The van der Waals surface area contributed by atoms with E-state index in [-0.39, 0.29) is 6.61 Å². The quantitative estimate of drug-likeness (QED) is 0.812. The Hall–Kier alpha value is -0.860. The highest BCUT2D eigenvalue weighted by molar-refractivity contribution is 7.10. The molecule has 2 rings (SSSR count). The van der Waals surface area contributed by atoms with Crippen molar-refractivity contribution in [2.75, 3.05) is 19.7 Å². The van der Waals surface area contributed by atoms with Crippen LogP contribution in [0.4, 0.5) is 0 Å². The van der Waals surface area contributed by atoms with Crippen molar-refractivity contribution in [2.45, 2.75) is 38.3 Å². The third-order valence-corrected chi connectivity index (χ3v) is 4.48.